The van der Waals surface area contributed by atoms with Crippen LogP contribution in [0.2, 0.25) is 0 Å². The number of nitrogens with zero attached hydrogens (tertiary/aromatic N) is 4. The van der Waals surface area contributed by atoms with Crippen LogP contribution in [0, 0.1) is 0 Å². The largest absolute Gasteiger partial charge is 0.339 e. The van der Waals surface area contributed by atoms with Crippen LogP contribution in [0.4, 0.5) is 0 Å². The van der Waals surface area contributed by atoms with Gasteiger partial charge in [-0.25, -0.2) is 4.98 Å². The van der Waals surface area contributed by atoms with Crippen LogP contribution in [0.1, 0.15) is 5.69 Å². The molecule has 0 saturated carbocycles. The fourth-order valence-corrected chi connectivity index (χ4v) is 4.82. The average molecular weight is 453 g/mol. The van der Waals surface area contributed by atoms with Gasteiger partial charge in [0, 0.05) is 55.4 Å². The van der Waals surface area contributed by atoms with Crippen molar-refractivity contribution in [2.45, 2.75) is 13.1 Å². The normalized spacial score (nSPS) is 14.5. The first-order valence-electron chi connectivity index (χ1n) is 10.3. The summed E-state index contributed by atoms with van der Waals surface area (Å²) < 4.78 is 2.05. The van der Waals surface area contributed by atoms with E-state index in [9.17, 15) is 4.79 Å². The van der Waals surface area contributed by atoms with Crippen LogP contribution in [0.5, 0.6) is 0 Å². The predicted molar refractivity (Wildman–Crippen MR) is 129 cm³/mol. The molecule has 5 rings (SSSR count). The first-order chi connectivity index (χ1) is 14.8. The molecule has 2 aromatic carbocycles. The highest BCUT2D eigenvalue weighted by atomic mass is 35.5. The van der Waals surface area contributed by atoms with Gasteiger partial charge in [0.15, 0.2) is 0 Å². The maximum atomic E-state index is 12.8. The highest BCUT2D eigenvalue weighted by Crippen LogP contribution is 2.24. The molecule has 0 spiro atoms. The van der Waals surface area contributed by atoms with E-state index in [4.69, 9.17) is 4.98 Å². The molecule has 0 N–H and O–H groups in total. The summed E-state index contributed by atoms with van der Waals surface area (Å²) in [6, 6.07) is 20.6. The first kappa shape index (κ1) is 21.6. The maximum absolute atomic E-state index is 12.8. The van der Waals surface area contributed by atoms with Gasteiger partial charge in [0.05, 0.1) is 5.69 Å². The minimum Gasteiger partial charge on any atom is -0.339 e. The molecule has 0 atom stereocenters. The Balaban J connectivity index is 0.00000231. The number of piperazine rings is 1. The van der Waals surface area contributed by atoms with Gasteiger partial charge in [-0.1, -0.05) is 48.5 Å². The SMILES string of the molecule is Cl.O=C(Cn1ccc2ccccc21)N1CCN(Cc2csc(-c3ccccc3)n2)CC1. The Hall–Kier alpha value is -2.67. The number of amides is 1. The molecule has 1 aliphatic rings. The number of benzene rings is 2. The lowest BCUT2D eigenvalue weighted by molar-refractivity contribution is -0.133. The Morgan fingerprint density at radius 1 is 0.935 bits per heavy atom. The van der Waals surface area contributed by atoms with Crippen molar-refractivity contribution in [2.24, 2.45) is 0 Å². The van der Waals surface area contributed by atoms with Gasteiger partial charge >= 0.3 is 0 Å². The number of rotatable bonds is 5. The minimum absolute atomic E-state index is 0. The lowest BCUT2D eigenvalue weighted by Gasteiger charge is -2.34. The molecular formula is C24H25ClN4OS. The molecular weight excluding hydrogens is 428 g/mol. The second-order valence-electron chi connectivity index (χ2n) is 7.67. The van der Waals surface area contributed by atoms with Gasteiger partial charge in [0.25, 0.3) is 0 Å². The number of carbonyl (C=O) groups is 1. The molecule has 4 aromatic rings. The van der Waals surface area contributed by atoms with Gasteiger partial charge in [0.2, 0.25) is 5.91 Å². The zero-order valence-corrected chi connectivity index (χ0v) is 18.8. The Labute approximate surface area is 192 Å². The molecule has 7 heteroatoms. The summed E-state index contributed by atoms with van der Waals surface area (Å²) in [5.41, 5.74) is 3.39. The molecule has 1 fully saturated rings. The molecule has 2 aromatic heterocycles. The summed E-state index contributed by atoms with van der Waals surface area (Å²) in [4.78, 5) is 22.0. The van der Waals surface area contributed by atoms with Crippen LogP contribution >= 0.6 is 23.7 Å². The Bertz CT molecular complexity index is 1150. The first-order valence-corrected chi connectivity index (χ1v) is 11.2. The molecule has 0 aliphatic carbocycles. The number of para-hydroxylation sites is 1. The van der Waals surface area contributed by atoms with Crippen LogP contribution in [0.25, 0.3) is 21.5 Å². The van der Waals surface area contributed by atoms with Crippen LogP contribution < -0.4 is 0 Å². The lowest BCUT2D eigenvalue weighted by atomic mass is 10.2. The highest BCUT2D eigenvalue weighted by Gasteiger charge is 2.22. The highest BCUT2D eigenvalue weighted by molar-refractivity contribution is 7.13. The van der Waals surface area contributed by atoms with Crippen LogP contribution in [0.3, 0.4) is 0 Å². The van der Waals surface area contributed by atoms with Gasteiger partial charge in [-0.05, 0) is 17.5 Å². The Kier molecular flexibility index (Phi) is 6.70. The summed E-state index contributed by atoms with van der Waals surface area (Å²) in [5.74, 6) is 0.191. The third-order valence-electron chi connectivity index (χ3n) is 5.67. The van der Waals surface area contributed by atoms with Crippen molar-refractivity contribution in [3.05, 3.63) is 77.9 Å². The summed E-state index contributed by atoms with van der Waals surface area (Å²) in [6.07, 6.45) is 2.01. The van der Waals surface area contributed by atoms with Crippen molar-refractivity contribution >= 4 is 40.6 Å². The molecule has 1 amide bonds. The van der Waals surface area contributed by atoms with Crippen molar-refractivity contribution in [3.63, 3.8) is 0 Å². The van der Waals surface area contributed by atoms with Gasteiger partial charge in [-0.3, -0.25) is 9.69 Å². The number of fused-ring (bicyclic) bond motifs is 1. The van der Waals surface area contributed by atoms with Crippen molar-refractivity contribution in [2.75, 3.05) is 26.2 Å². The number of halogens is 1. The zero-order valence-electron chi connectivity index (χ0n) is 17.2. The topological polar surface area (TPSA) is 41.4 Å². The predicted octanol–water partition coefficient (Wildman–Crippen LogP) is 4.53. The van der Waals surface area contributed by atoms with E-state index in [0.29, 0.717) is 6.54 Å². The second kappa shape index (κ2) is 9.64. The van der Waals surface area contributed by atoms with E-state index in [1.165, 1.54) is 10.9 Å². The summed E-state index contributed by atoms with van der Waals surface area (Å²) in [6.45, 7) is 4.56. The van der Waals surface area contributed by atoms with Crippen molar-refractivity contribution in [1.29, 1.82) is 0 Å². The van der Waals surface area contributed by atoms with E-state index in [1.54, 1.807) is 11.3 Å². The maximum Gasteiger partial charge on any atom is 0.242 e. The second-order valence-corrected chi connectivity index (χ2v) is 8.53. The third kappa shape index (κ3) is 4.82. The Morgan fingerprint density at radius 2 is 1.68 bits per heavy atom. The van der Waals surface area contributed by atoms with E-state index in [1.807, 2.05) is 46.0 Å². The number of hydrogen-bond acceptors (Lipinski definition) is 4. The molecule has 0 unspecified atom stereocenters. The molecule has 0 radical (unpaired) electrons. The Morgan fingerprint density at radius 3 is 2.48 bits per heavy atom. The van der Waals surface area contributed by atoms with E-state index < -0.39 is 0 Å². The van der Waals surface area contributed by atoms with Gasteiger partial charge in [-0.2, -0.15) is 0 Å². The van der Waals surface area contributed by atoms with Gasteiger partial charge < -0.3 is 9.47 Å². The third-order valence-corrected chi connectivity index (χ3v) is 6.61. The number of hydrogen-bond donors (Lipinski definition) is 0. The zero-order chi connectivity index (χ0) is 20.3. The quantitative estimate of drug-likeness (QED) is 0.446. The van der Waals surface area contributed by atoms with Crippen LogP contribution in [-0.2, 0) is 17.9 Å². The smallest absolute Gasteiger partial charge is 0.242 e. The van der Waals surface area contributed by atoms with E-state index in [0.717, 1.165) is 48.9 Å². The summed E-state index contributed by atoms with van der Waals surface area (Å²) in [7, 11) is 0. The fourth-order valence-electron chi connectivity index (χ4n) is 4.00. The van der Waals surface area contributed by atoms with Crippen molar-refractivity contribution in [1.82, 2.24) is 19.4 Å². The standard InChI is InChI=1S/C24H24N4OS.ClH/c29-23(17-28-11-10-19-6-4-5-9-22(19)28)27-14-12-26(13-15-27)16-21-18-30-24(25-21)20-7-2-1-3-8-20;/h1-11,18H,12-17H2;1H. The van der Waals surface area contributed by atoms with Gasteiger partial charge in [-0.15, -0.1) is 23.7 Å². The van der Waals surface area contributed by atoms with Crippen LogP contribution in [-0.4, -0.2) is 51.4 Å². The molecule has 5 nitrogen and oxygen atoms in total. The van der Waals surface area contributed by atoms with E-state index >= 15 is 0 Å². The van der Waals surface area contributed by atoms with E-state index in [2.05, 4.69) is 40.6 Å². The monoisotopic (exact) mass is 452 g/mol. The van der Waals surface area contributed by atoms with Gasteiger partial charge in [0.1, 0.15) is 11.6 Å². The van der Waals surface area contributed by atoms with E-state index in [-0.39, 0.29) is 18.3 Å². The number of aromatic nitrogens is 2. The molecule has 1 saturated heterocycles. The van der Waals surface area contributed by atoms with Crippen LogP contribution in [0.15, 0.2) is 72.2 Å². The number of carbonyl (C=O) groups excluding carboxylic acids is 1. The summed E-state index contributed by atoms with van der Waals surface area (Å²) >= 11 is 1.69. The molecule has 0 bridgehead atoms. The minimum atomic E-state index is 0. The van der Waals surface area contributed by atoms with Crippen molar-refractivity contribution < 1.29 is 4.79 Å². The lowest BCUT2D eigenvalue weighted by Crippen LogP contribution is -2.49. The van der Waals surface area contributed by atoms with Crippen molar-refractivity contribution in [3.8, 4) is 10.6 Å². The molecule has 160 valence electrons. The average Bonchev–Trinajstić information content (AvgIpc) is 3.42. The molecule has 31 heavy (non-hydrogen) atoms. The fraction of sp³-hybridized carbons (Fsp3) is 0.250. The summed E-state index contributed by atoms with van der Waals surface area (Å²) in [5, 5.41) is 4.39. The molecule has 3 heterocycles. The molecule has 1 aliphatic heterocycles. The number of thiazole rings is 1.